The molecule has 1 amide bonds. The molecule has 1 fully saturated rings. The maximum absolute atomic E-state index is 12.5. The van der Waals surface area contributed by atoms with Gasteiger partial charge >= 0.3 is 0 Å². The average Bonchev–Trinajstić information content (AvgIpc) is 2.89. The number of aryl methyl sites for hydroxylation is 1. The maximum Gasteiger partial charge on any atom is 0.230 e. The van der Waals surface area contributed by atoms with E-state index >= 15 is 0 Å². The molecule has 0 bridgehead atoms. The van der Waals surface area contributed by atoms with Crippen molar-refractivity contribution in [3.05, 3.63) is 23.8 Å². The summed E-state index contributed by atoms with van der Waals surface area (Å²) in [6, 6.07) is 5.82. The Labute approximate surface area is 115 Å². The fourth-order valence-electron chi connectivity index (χ4n) is 3.05. The van der Waals surface area contributed by atoms with E-state index in [0.29, 0.717) is 0 Å². The van der Waals surface area contributed by atoms with Gasteiger partial charge in [0.2, 0.25) is 5.91 Å². The van der Waals surface area contributed by atoms with E-state index in [1.807, 2.05) is 18.2 Å². The highest BCUT2D eigenvalue weighted by Crippen LogP contribution is 2.41. The molecule has 0 atom stereocenters. The van der Waals surface area contributed by atoms with Crippen LogP contribution in [0.3, 0.4) is 0 Å². The van der Waals surface area contributed by atoms with Gasteiger partial charge in [0.05, 0.1) is 0 Å². The molecule has 104 valence electrons. The second kappa shape index (κ2) is 5.64. The Morgan fingerprint density at radius 2 is 2.00 bits per heavy atom. The predicted molar refractivity (Wildman–Crippen MR) is 80.1 cm³/mol. The molecule has 1 aromatic carbocycles. The third-order valence-electron chi connectivity index (χ3n) is 4.50. The molecule has 0 saturated heterocycles. The van der Waals surface area contributed by atoms with Gasteiger partial charge in [0, 0.05) is 16.8 Å². The van der Waals surface area contributed by atoms with Crippen LogP contribution in [0.4, 0.5) is 11.4 Å². The molecule has 0 aliphatic heterocycles. The molecule has 1 aliphatic rings. The summed E-state index contributed by atoms with van der Waals surface area (Å²) in [5.41, 5.74) is 8.53. The lowest BCUT2D eigenvalue weighted by molar-refractivity contribution is -0.125. The van der Waals surface area contributed by atoms with Gasteiger partial charge in [0.1, 0.15) is 0 Å². The van der Waals surface area contributed by atoms with Crippen molar-refractivity contribution in [3.8, 4) is 0 Å². The van der Waals surface area contributed by atoms with Crippen LogP contribution in [0.5, 0.6) is 0 Å². The largest absolute Gasteiger partial charge is 0.398 e. The highest BCUT2D eigenvalue weighted by molar-refractivity contribution is 5.95. The molecule has 2 rings (SSSR count). The summed E-state index contributed by atoms with van der Waals surface area (Å²) in [4.78, 5) is 12.5. The number of nitrogens with one attached hydrogen (secondary N) is 1. The Balaban J connectivity index is 2.12. The van der Waals surface area contributed by atoms with Gasteiger partial charge < -0.3 is 11.1 Å². The fourth-order valence-corrected chi connectivity index (χ4v) is 3.05. The number of rotatable bonds is 4. The second-order valence-corrected chi connectivity index (χ2v) is 5.56. The lowest BCUT2D eigenvalue weighted by atomic mass is 9.82. The van der Waals surface area contributed by atoms with Gasteiger partial charge in [-0.15, -0.1) is 0 Å². The molecule has 3 N–H and O–H groups in total. The Kier molecular flexibility index (Phi) is 4.13. The topological polar surface area (TPSA) is 55.1 Å². The van der Waals surface area contributed by atoms with Crippen LogP contribution in [-0.2, 0) is 11.2 Å². The highest BCUT2D eigenvalue weighted by atomic mass is 16.2. The summed E-state index contributed by atoms with van der Waals surface area (Å²) in [5.74, 6) is 0.163. The van der Waals surface area contributed by atoms with Crippen molar-refractivity contribution in [2.24, 2.45) is 5.41 Å². The Morgan fingerprint density at radius 1 is 1.32 bits per heavy atom. The molecule has 0 spiro atoms. The van der Waals surface area contributed by atoms with Crippen LogP contribution in [0.1, 0.15) is 51.5 Å². The van der Waals surface area contributed by atoms with Crippen molar-refractivity contribution in [1.82, 2.24) is 0 Å². The quantitative estimate of drug-likeness (QED) is 0.810. The SMILES string of the molecule is CCc1ccc(NC(=O)C2(CC)CCCC2)cc1N. The van der Waals surface area contributed by atoms with Crippen molar-refractivity contribution in [2.45, 2.75) is 52.4 Å². The van der Waals surface area contributed by atoms with Crippen molar-refractivity contribution in [2.75, 3.05) is 11.1 Å². The minimum atomic E-state index is -0.155. The van der Waals surface area contributed by atoms with E-state index in [-0.39, 0.29) is 11.3 Å². The van der Waals surface area contributed by atoms with Crippen molar-refractivity contribution >= 4 is 17.3 Å². The number of amides is 1. The highest BCUT2D eigenvalue weighted by Gasteiger charge is 2.39. The van der Waals surface area contributed by atoms with E-state index in [2.05, 4.69) is 19.2 Å². The molecule has 1 saturated carbocycles. The Hall–Kier alpha value is -1.51. The van der Waals surface area contributed by atoms with Gasteiger partial charge in [0.25, 0.3) is 0 Å². The lowest BCUT2D eigenvalue weighted by Gasteiger charge is -2.26. The number of anilines is 2. The zero-order chi connectivity index (χ0) is 13.9. The minimum absolute atomic E-state index is 0.155. The number of carbonyl (C=O) groups is 1. The molecular weight excluding hydrogens is 236 g/mol. The van der Waals surface area contributed by atoms with E-state index < -0.39 is 0 Å². The van der Waals surface area contributed by atoms with E-state index in [4.69, 9.17) is 5.73 Å². The summed E-state index contributed by atoms with van der Waals surface area (Å²) in [7, 11) is 0. The van der Waals surface area contributed by atoms with E-state index in [0.717, 1.165) is 55.5 Å². The van der Waals surface area contributed by atoms with Gasteiger partial charge in [-0.1, -0.05) is 32.8 Å². The molecular formula is C16H24N2O. The first-order valence-corrected chi connectivity index (χ1v) is 7.31. The van der Waals surface area contributed by atoms with Crippen LogP contribution in [0, 0.1) is 5.41 Å². The van der Waals surface area contributed by atoms with Crippen molar-refractivity contribution < 1.29 is 4.79 Å². The van der Waals surface area contributed by atoms with E-state index in [1.165, 1.54) is 0 Å². The number of nitrogens with two attached hydrogens (primary N) is 1. The smallest absolute Gasteiger partial charge is 0.230 e. The zero-order valence-electron chi connectivity index (χ0n) is 12.0. The first kappa shape index (κ1) is 13.9. The van der Waals surface area contributed by atoms with E-state index in [1.54, 1.807) is 0 Å². The maximum atomic E-state index is 12.5. The summed E-state index contributed by atoms with van der Waals surface area (Å²) < 4.78 is 0. The van der Waals surface area contributed by atoms with Gasteiger partial charge in [-0.3, -0.25) is 4.79 Å². The fraction of sp³-hybridized carbons (Fsp3) is 0.562. The normalized spacial score (nSPS) is 17.4. The molecule has 0 heterocycles. The molecule has 0 unspecified atom stereocenters. The van der Waals surface area contributed by atoms with Gasteiger partial charge in [0.15, 0.2) is 0 Å². The Bertz CT molecular complexity index is 462. The summed E-state index contributed by atoms with van der Waals surface area (Å²) >= 11 is 0. The zero-order valence-corrected chi connectivity index (χ0v) is 12.0. The summed E-state index contributed by atoms with van der Waals surface area (Å²) in [6.45, 7) is 4.19. The first-order chi connectivity index (χ1) is 9.11. The number of hydrogen-bond donors (Lipinski definition) is 2. The average molecular weight is 260 g/mol. The van der Waals surface area contributed by atoms with Gasteiger partial charge in [-0.25, -0.2) is 0 Å². The predicted octanol–water partition coefficient (Wildman–Crippen LogP) is 3.74. The molecule has 0 aromatic heterocycles. The minimum Gasteiger partial charge on any atom is -0.398 e. The molecule has 1 aliphatic carbocycles. The molecule has 19 heavy (non-hydrogen) atoms. The van der Waals surface area contributed by atoms with E-state index in [9.17, 15) is 4.79 Å². The number of nitrogen functional groups attached to an aromatic ring is 1. The molecule has 0 radical (unpaired) electrons. The van der Waals surface area contributed by atoms with Crippen LogP contribution in [-0.4, -0.2) is 5.91 Å². The van der Waals surface area contributed by atoms with Crippen LogP contribution < -0.4 is 11.1 Å². The molecule has 3 heteroatoms. The third-order valence-corrected chi connectivity index (χ3v) is 4.50. The van der Waals surface area contributed by atoms with Crippen LogP contribution in [0.25, 0.3) is 0 Å². The standard InChI is InChI=1S/C16H24N2O/c1-3-12-7-8-13(11-14(12)17)18-15(19)16(4-2)9-5-6-10-16/h7-8,11H,3-6,9-10,17H2,1-2H3,(H,18,19). The number of carbonyl (C=O) groups excluding carboxylic acids is 1. The summed E-state index contributed by atoms with van der Waals surface area (Å²) in [5, 5.41) is 3.05. The van der Waals surface area contributed by atoms with Crippen LogP contribution >= 0.6 is 0 Å². The summed E-state index contributed by atoms with van der Waals surface area (Å²) in [6.07, 6.45) is 6.19. The van der Waals surface area contributed by atoms with Crippen molar-refractivity contribution in [3.63, 3.8) is 0 Å². The van der Waals surface area contributed by atoms with Crippen molar-refractivity contribution in [1.29, 1.82) is 0 Å². The van der Waals surface area contributed by atoms with Gasteiger partial charge in [-0.2, -0.15) is 0 Å². The number of hydrogen-bond acceptors (Lipinski definition) is 2. The Morgan fingerprint density at radius 3 is 2.53 bits per heavy atom. The lowest BCUT2D eigenvalue weighted by Crippen LogP contribution is -2.33. The van der Waals surface area contributed by atoms with Gasteiger partial charge in [-0.05, 0) is 43.4 Å². The van der Waals surface area contributed by atoms with Crippen LogP contribution in [0.2, 0.25) is 0 Å². The first-order valence-electron chi connectivity index (χ1n) is 7.31. The monoisotopic (exact) mass is 260 g/mol. The second-order valence-electron chi connectivity index (χ2n) is 5.56. The molecule has 3 nitrogen and oxygen atoms in total. The number of benzene rings is 1. The molecule has 1 aromatic rings. The van der Waals surface area contributed by atoms with Crippen LogP contribution in [0.15, 0.2) is 18.2 Å². The third kappa shape index (κ3) is 2.75.